The maximum absolute atomic E-state index is 12.9. The Hall–Kier alpha value is -1.82. The predicted octanol–water partition coefficient (Wildman–Crippen LogP) is 3.35. The number of sulfonamides is 1. The lowest BCUT2D eigenvalue weighted by molar-refractivity contribution is 0.0134. The van der Waals surface area contributed by atoms with Gasteiger partial charge in [-0.2, -0.15) is 4.31 Å². The lowest BCUT2D eigenvalue weighted by Crippen LogP contribution is -2.55. The monoisotopic (exact) mass is 337 g/mol. The lowest BCUT2D eigenvalue weighted by Gasteiger charge is -2.43. The third-order valence-electron chi connectivity index (χ3n) is 4.18. The Bertz CT molecular complexity index is 701. The summed E-state index contributed by atoms with van der Waals surface area (Å²) >= 11 is 0. The molecule has 2 atom stereocenters. The zero-order valence-corrected chi connectivity index (χ0v) is 14.8. The number of carbonyl (C=O) groups excluding carboxylic acids is 1. The molecule has 1 saturated heterocycles. The Morgan fingerprint density at radius 2 is 1.83 bits per heavy atom. The smallest absolute Gasteiger partial charge is 0.424 e. The predicted molar refractivity (Wildman–Crippen MR) is 88.5 cm³/mol. The van der Waals surface area contributed by atoms with Crippen LogP contribution in [0.2, 0.25) is 0 Å². The van der Waals surface area contributed by atoms with E-state index in [0.29, 0.717) is 0 Å². The van der Waals surface area contributed by atoms with Crippen molar-refractivity contribution in [2.75, 3.05) is 6.61 Å². The topological polar surface area (TPSA) is 63.7 Å². The molecule has 1 aromatic rings. The van der Waals surface area contributed by atoms with Gasteiger partial charge in [0.1, 0.15) is 0 Å². The fourth-order valence-corrected chi connectivity index (χ4v) is 4.22. The van der Waals surface area contributed by atoms with Crippen molar-refractivity contribution in [1.82, 2.24) is 4.31 Å². The van der Waals surface area contributed by atoms with Crippen LogP contribution in [-0.2, 0) is 14.8 Å². The zero-order chi connectivity index (χ0) is 17.4. The van der Waals surface area contributed by atoms with Crippen LogP contribution in [0.3, 0.4) is 0 Å². The van der Waals surface area contributed by atoms with Crippen LogP contribution in [0.4, 0.5) is 4.79 Å². The maximum Gasteiger partial charge on any atom is 0.424 e. The SMILES string of the molecule is C=C[C@@H]1[C@H](C(C)(C)C)COC(=O)N1S(=O)(=O)c1ccc(C)cc1. The summed E-state index contributed by atoms with van der Waals surface area (Å²) in [6, 6.07) is 5.76. The van der Waals surface area contributed by atoms with Gasteiger partial charge in [-0.1, -0.05) is 44.5 Å². The van der Waals surface area contributed by atoms with E-state index in [2.05, 4.69) is 6.58 Å². The van der Waals surface area contributed by atoms with E-state index in [0.717, 1.165) is 9.87 Å². The van der Waals surface area contributed by atoms with Crippen LogP contribution >= 0.6 is 0 Å². The summed E-state index contributed by atoms with van der Waals surface area (Å²) < 4.78 is 31.8. The molecule has 0 aliphatic carbocycles. The Kier molecular flexibility index (Phi) is 4.57. The number of aryl methyl sites for hydroxylation is 1. The normalized spacial score (nSPS) is 22.6. The largest absolute Gasteiger partial charge is 0.448 e. The molecule has 2 rings (SSSR count). The van der Waals surface area contributed by atoms with E-state index >= 15 is 0 Å². The molecular weight excluding hydrogens is 314 g/mol. The van der Waals surface area contributed by atoms with E-state index in [1.165, 1.54) is 18.2 Å². The van der Waals surface area contributed by atoms with Crippen molar-refractivity contribution in [1.29, 1.82) is 0 Å². The molecular formula is C17H23NO4S. The standard InChI is InChI=1S/C17H23NO4S/c1-6-15-14(17(3,4)5)11-22-16(19)18(15)23(20,21)13-9-7-12(2)8-10-13/h6-10,14-15H,1,11H2,2-5H3/t14-,15-/m1/s1. The summed E-state index contributed by atoms with van der Waals surface area (Å²) in [7, 11) is -3.99. The number of nitrogens with zero attached hydrogens (tertiary/aromatic N) is 1. The number of rotatable bonds is 3. The molecule has 1 aliphatic heterocycles. The van der Waals surface area contributed by atoms with E-state index in [4.69, 9.17) is 4.74 Å². The first kappa shape index (κ1) is 17.5. The molecule has 6 heteroatoms. The highest BCUT2D eigenvalue weighted by Gasteiger charge is 2.47. The zero-order valence-electron chi connectivity index (χ0n) is 13.9. The van der Waals surface area contributed by atoms with Gasteiger partial charge in [0.05, 0.1) is 17.5 Å². The van der Waals surface area contributed by atoms with Crippen LogP contribution < -0.4 is 0 Å². The second-order valence-corrected chi connectivity index (χ2v) is 8.70. The molecule has 23 heavy (non-hydrogen) atoms. The van der Waals surface area contributed by atoms with Crippen molar-refractivity contribution in [2.45, 2.75) is 38.6 Å². The number of benzene rings is 1. The molecule has 5 nitrogen and oxygen atoms in total. The number of amides is 1. The number of carbonyl (C=O) groups is 1. The minimum absolute atomic E-state index is 0.0708. The van der Waals surface area contributed by atoms with Crippen LogP contribution in [0, 0.1) is 18.3 Å². The van der Waals surface area contributed by atoms with Crippen LogP contribution in [0.25, 0.3) is 0 Å². The van der Waals surface area contributed by atoms with E-state index in [-0.39, 0.29) is 22.8 Å². The lowest BCUT2D eigenvalue weighted by atomic mass is 9.76. The molecule has 1 fully saturated rings. The Morgan fingerprint density at radius 1 is 1.26 bits per heavy atom. The third-order valence-corrected chi connectivity index (χ3v) is 5.96. The number of ether oxygens (including phenoxy) is 1. The first-order valence-electron chi connectivity index (χ1n) is 7.49. The fraction of sp³-hybridized carbons (Fsp3) is 0.471. The van der Waals surface area contributed by atoms with Crippen molar-refractivity contribution in [3.05, 3.63) is 42.5 Å². The van der Waals surface area contributed by atoms with E-state index in [9.17, 15) is 13.2 Å². The molecule has 0 N–H and O–H groups in total. The van der Waals surface area contributed by atoms with Gasteiger partial charge in [0.25, 0.3) is 10.0 Å². The summed E-state index contributed by atoms with van der Waals surface area (Å²) in [5.41, 5.74) is 0.707. The third kappa shape index (κ3) is 3.27. The molecule has 0 spiro atoms. The molecule has 1 aliphatic rings. The average molecular weight is 337 g/mol. The molecule has 0 saturated carbocycles. The van der Waals surface area contributed by atoms with Gasteiger partial charge in [0.15, 0.2) is 0 Å². The highest BCUT2D eigenvalue weighted by atomic mass is 32.2. The average Bonchev–Trinajstić information content (AvgIpc) is 2.45. The molecule has 1 aromatic carbocycles. The van der Waals surface area contributed by atoms with Crippen molar-refractivity contribution >= 4 is 16.1 Å². The van der Waals surface area contributed by atoms with Crippen LogP contribution in [0.15, 0.2) is 41.8 Å². The summed E-state index contributed by atoms with van der Waals surface area (Å²) in [6.45, 7) is 11.8. The van der Waals surface area contributed by atoms with Crippen molar-refractivity contribution in [3.63, 3.8) is 0 Å². The molecule has 126 valence electrons. The van der Waals surface area contributed by atoms with Gasteiger partial charge in [-0.15, -0.1) is 6.58 Å². The van der Waals surface area contributed by atoms with Gasteiger partial charge >= 0.3 is 6.09 Å². The van der Waals surface area contributed by atoms with E-state index < -0.39 is 22.2 Å². The Morgan fingerprint density at radius 3 is 2.30 bits per heavy atom. The molecule has 0 aromatic heterocycles. The minimum Gasteiger partial charge on any atom is -0.448 e. The molecule has 1 heterocycles. The van der Waals surface area contributed by atoms with Crippen LogP contribution in [0.1, 0.15) is 26.3 Å². The molecule has 1 amide bonds. The highest BCUT2D eigenvalue weighted by molar-refractivity contribution is 7.89. The van der Waals surface area contributed by atoms with Gasteiger partial charge < -0.3 is 4.74 Å². The Balaban J connectivity index is 2.50. The maximum atomic E-state index is 12.9. The van der Waals surface area contributed by atoms with Gasteiger partial charge in [0, 0.05) is 5.92 Å². The first-order chi connectivity index (χ1) is 10.6. The fourth-order valence-electron chi connectivity index (χ4n) is 2.71. The summed E-state index contributed by atoms with van der Waals surface area (Å²) in [5, 5.41) is 0. The van der Waals surface area contributed by atoms with Gasteiger partial charge in [-0.3, -0.25) is 0 Å². The van der Waals surface area contributed by atoms with Crippen molar-refractivity contribution in [2.24, 2.45) is 11.3 Å². The minimum atomic E-state index is -3.99. The van der Waals surface area contributed by atoms with Gasteiger partial charge in [0.2, 0.25) is 0 Å². The molecule has 0 unspecified atom stereocenters. The second-order valence-electron chi connectivity index (χ2n) is 6.89. The summed E-state index contributed by atoms with van der Waals surface area (Å²) in [5.74, 6) is -0.169. The molecule has 0 bridgehead atoms. The first-order valence-corrected chi connectivity index (χ1v) is 8.93. The van der Waals surface area contributed by atoms with E-state index in [1.54, 1.807) is 12.1 Å². The second kappa shape index (κ2) is 6.00. The number of hydrogen-bond donors (Lipinski definition) is 0. The van der Waals surface area contributed by atoms with E-state index in [1.807, 2.05) is 27.7 Å². The summed E-state index contributed by atoms with van der Waals surface area (Å²) in [6.07, 6.45) is 0.665. The Labute approximate surface area is 138 Å². The van der Waals surface area contributed by atoms with Crippen molar-refractivity contribution < 1.29 is 17.9 Å². The van der Waals surface area contributed by atoms with Gasteiger partial charge in [-0.25, -0.2) is 13.2 Å². The quantitative estimate of drug-likeness (QED) is 0.794. The highest BCUT2D eigenvalue weighted by Crippen LogP contribution is 2.37. The van der Waals surface area contributed by atoms with Crippen LogP contribution in [-0.4, -0.2) is 31.5 Å². The number of cyclic esters (lactones) is 1. The molecule has 0 radical (unpaired) electrons. The summed E-state index contributed by atoms with van der Waals surface area (Å²) in [4.78, 5) is 12.3. The van der Waals surface area contributed by atoms with Gasteiger partial charge in [-0.05, 0) is 24.5 Å². The van der Waals surface area contributed by atoms with Crippen molar-refractivity contribution in [3.8, 4) is 0 Å². The van der Waals surface area contributed by atoms with Crippen LogP contribution in [0.5, 0.6) is 0 Å². The number of hydrogen-bond acceptors (Lipinski definition) is 4.